The number of rotatable bonds is 3. The number of hydrogen-bond donors (Lipinski definition) is 0. The molecular formula is C14H16FN3O. The molecule has 0 fully saturated rings. The van der Waals surface area contributed by atoms with Gasteiger partial charge in [-0.25, -0.2) is 9.37 Å². The van der Waals surface area contributed by atoms with Gasteiger partial charge in [-0.3, -0.25) is 4.79 Å². The van der Waals surface area contributed by atoms with Crippen LogP contribution in [0.1, 0.15) is 21.7 Å². The van der Waals surface area contributed by atoms with Crippen LogP contribution in [0, 0.1) is 12.7 Å². The summed E-state index contributed by atoms with van der Waals surface area (Å²) in [7, 11) is 3.58. The number of amides is 1. The molecule has 1 aromatic carbocycles. The van der Waals surface area contributed by atoms with Crippen molar-refractivity contribution in [3.05, 3.63) is 53.4 Å². The van der Waals surface area contributed by atoms with Gasteiger partial charge in [0.1, 0.15) is 11.6 Å². The molecule has 2 aromatic rings. The molecule has 19 heavy (non-hydrogen) atoms. The van der Waals surface area contributed by atoms with Crippen molar-refractivity contribution >= 4 is 5.91 Å². The molecule has 0 unspecified atom stereocenters. The van der Waals surface area contributed by atoms with Gasteiger partial charge in [-0.05, 0) is 30.7 Å². The van der Waals surface area contributed by atoms with Crippen LogP contribution < -0.4 is 0 Å². The van der Waals surface area contributed by atoms with E-state index in [1.54, 1.807) is 31.1 Å². The molecule has 2 rings (SSSR count). The number of carbonyl (C=O) groups excluding carboxylic acids is 1. The Hall–Kier alpha value is -2.17. The predicted molar refractivity (Wildman–Crippen MR) is 70.1 cm³/mol. The van der Waals surface area contributed by atoms with Gasteiger partial charge in [-0.1, -0.05) is 0 Å². The molecule has 5 heteroatoms. The highest BCUT2D eigenvalue weighted by atomic mass is 19.1. The first-order valence-corrected chi connectivity index (χ1v) is 5.97. The lowest BCUT2D eigenvalue weighted by Crippen LogP contribution is -2.27. The number of carbonyl (C=O) groups is 1. The van der Waals surface area contributed by atoms with Crippen molar-refractivity contribution < 1.29 is 9.18 Å². The number of benzene rings is 1. The maximum Gasteiger partial charge on any atom is 0.254 e. The number of imidazole rings is 1. The van der Waals surface area contributed by atoms with Crippen molar-refractivity contribution in [3.63, 3.8) is 0 Å². The van der Waals surface area contributed by atoms with Gasteiger partial charge in [0.15, 0.2) is 0 Å². The summed E-state index contributed by atoms with van der Waals surface area (Å²) in [6.45, 7) is 2.06. The number of aromatic nitrogens is 2. The minimum absolute atomic E-state index is 0.147. The maximum absolute atomic E-state index is 13.2. The number of nitrogens with zero attached hydrogens (tertiary/aromatic N) is 3. The number of halogens is 1. The molecule has 0 bridgehead atoms. The molecule has 0 aliphatic carbocycles. The number of hydrogen-bond acceptors (Lipinski definition) is 2. The molecule has 0 radical (unpaired) electrons. The zero-order chi connectivity index (χ0) is 14.0. The third kappa shape index (κ3) is 2.81. The standard InChI is InChI=1S/C14H16FN3O/c1-10-8-11(4-5-12(10)15)14(19)18(3)9-13-16-6-7-17(13)2/h4-8H,9H2,1-3H3. The van der Waals surface area contributed by atoms with Crippen molar-refractivity contribution in [1.29, 1.82) is 0 Å². The summed E-state index contributed by atoms with van der Waals surface area (Å²) in [6, 6.07) is 4.38. The fourth-order valence-corrected chi connectivity index (χ4v) is 1.83. The lowest BCUT2D eigenvalue weighted by molar-refractivity contribution is 0.0780. The highest BCUT2D eigenvalue weighted by molar-refractivity contribution is 5.94. The second kappa shape index (κ2) is 5.22. The van der Waals surface area contributed by atoms with Gasteiger partial charge in [0, 0.05) is 32.1 Å². The lowest BCUT2D eigenvalue weighted by atomic mass is 10.1. The summed E-state index contributed by atoms with van der Waals surface area (Å²) in [4.78, 5) is 17.9. The van der Waals surface area contributed by atoms with Gasteiger partial charge in [-0.2, -0.15) is 0 Å². The minimum atomic E-state index is -0.302. The van der Waals surface area contributed by atoms with E-state index in [9.17, 15) is 9.18 Å². The van der Waals surface area contributed by atoms with Crippen LogP contribution in [0.15, 0.2) is 30.6 Å². The zero-order valence-corrected chi connectivity index (χ0v) is 11.2. The second-order valence-corrected chi connectivity index (χ2v) is 4.58. The Labute approximate surface area is 111 Å². The van der Waals surface area contributed by atoms with Crippen LogP contribution in [0.25, 0.3) is 0 Å². The molecule has 4 nitrogen and oxygen atoms in total. The highest BCUT2D eigenvalue weighted by Gasteiger charge is 2.14. The van der Waals surface area contributed by atoms with Crippen LogP contribution in [0.5, 0.6) is 0 Å². The first kappa shape index (κ1) is 13.3. The molecule has 0 saturated carbocycles. The minimum Gasteiger partial charge on any atom is -0.337 e. The van der Waals surface area contributed by atoms with E-state index < -0.39 is 0 Å². The fourth-order valence-electron chi connectivity index (χ4n) is 1.83. The Bertz CT molecular complexity index is 606. The zero-order valence-electron chi connectivity index (χ0n) is 11.2. The topological polar surface area (TPSA) is 38.1 Å². The third-order valence-electron chi connectivity index (χ3n) is 3.05. The molecule has 1 heterocycles. The summed E-state index contributed by atoms with van der Waals surface area (Å²) in [6.07, 6.45) is 3.52. The highest BCUT2D eigenvalue weighted by Crippen LogP contribution is 2.12. The van der Waals surface area contributed by atoms with E-state index in [0.29, 0.717) is 17.7 Å². The summed E-state index contributed by atoms with van der Waals surface area (Å²) in [5.41, 5.74) is 0.951. The monoisotopic (exact) mass is 261 g/mol. The fraction of sp³-hybridized carbons (Fsp3) is 0.286. The van der Waals surface area contributed by atoms with Crippen LogP contribution >= 0.6 is 0 Å². The normalized spacial score (nSPS) is 10.5. The summed E-state index contributed by atoms with van der Waals surface area (Å²) in [5.74, 6) is 0.351. The van der Waals surface area contributed by atoms with Gasteiger partial charge in [0.25, 0.3) is 5.91 Å². The first-order chi connectivity index (χ1) is 8.99. The maximum atomic E-state index is 13.2. The third-order valence-corrected chi connectivity index (χ3v) is 3.05. The Morgan fingerprint density at radius 1 is 1.47 bits per heavy atom. The van der Waals surface area contributed by atoms with Crippen LogP contribution in [0.4, 0.5) is 4.39 Å². The molecule has 0 spiro atoms. The Morgan fingerprint density at radius 2 is 2.21 bits per heavy atom. The van der Waals surface area contributed by atoms with Crippen LogP contribution in [0.3, 0.4) is 0 Å². The van der Waals surface area contributed by atoms with Gasteiger partial charge >= 0.3 is 0 Å². The summed E-state index contributed by atoms with van der Waals surface area (Å²) in [5, 5.41) is 0. The largest absolute Gasteiger partial charge is 0.337 e. The van der Waals surface area contributed by atoms with Crippen molar-refractivity contribution in [2.45, 2.75) is 13.5 Å². The molecule has 100 valence electrons. The Balaban J connectivity index is 2.15. The smallest absolute Gasteiger partial charge is 0.254 e. The van der Waals surface area contributed by atoms with E-state index in [4.69, 9.17) is 0 Å². The van der Waals surface area contributed by atoms with Gasteiger partial charge in [-0.15, -0.1) is 0 Å². The van der Waals surface area contributed by atoms with E-state index >= 15 is 0 Å². The van der Waals surface area contributed by atoms with Gasteiger partial charge in [0.05, 0.1) is 6.54 Å². The molecule has 1 amide bonds. The average molecular weight is 261 g/mol. The van der Waals surface area contributed by atoms with Crippen LogP contribution in [0.2, 0.25) is 0 Å². The SMILES string of the molecule is Cc1cc(C(=O)N(C)Cc2nccn2C)ccc1F. The summed E-state index contributed by atoms with van der Waals surface area (Å²) < 4.78 is 15.0. The molecule has 0 atom stereocenters. The number of aryl methyl sites for hydroxylation is 2. The van der Waals surface area contributed by atoms with Crippen molar-refractivity contribution in [2.75, 3.05) is 7.05 Å². The van der Waals surface area contributed by atoms with Crippen molar-refractivity contribution in [2.24, 2.45) is 7.05 Å². The Morgan fingerprint density at radius 3 is 2.79 bits per heavy atom. The van der Waals surface area contributed by atoms with E-state index in [-0.39, 0.29) is 11.7 Å². The quantitative estimate of drug-likeness (QED) is 0.849. The molecular weight excluding hydrogens is 245 g/mol. The van der Waals surface area contributed by atoms with Crippen LogP contribution in [-0.4, -0.2) is 27.4 Å². The molecule has 0 saturated heterocycles. The predicted octanol–water partition coefficient (Wildman–Crippen LogP) is 2.14. The van der Waals surface area contributed by atoms with Crippen LogP contribution in [-0.2, 0) is 13.6 Å². The summed E-state index contributed by atoms with van der Waals surface area (Å²) >= 11 is 0. The van der Waals surface area contributed by atoms with Gasteiger partial charge in [0.2, 0.25) is 0 Å². The Kier molecular flexibility index (Phi) is 3.64. The van der Waals surface area contributed by atoms with Gasteiger partial charge < -0.3 is 9.47 Å². The average Bonchev–Trinajstić information content (AvgIpc) is 2.77. The molecule has 0 aliphatic heterocycles. The van der Waals surface area contributed by atoms with E-state index in [0.717, 1.165) is 5.82 Å². The second-order valence-electron chi connectivity index (χ2n) is 4.58. The van der Waals surface area contributed by atoms with Crippen molar-refractivity contribution in [1.82, 2.24) is 14.5 Å². The van der Waals surface area contributed by atoms with E-state index in [1.165, 1.54) is 12.1 Å². The van der Waals surface area contributed by atoms with E-state index in [1.807, 2.05) is 17.8 Å². The molecule has 0 N–H and O–H groups in total. The first-order valence-electron chi connectivity index (χ1n) is 5.97. The van der Waals surface area contributed by atoms with E-state index in [2.05, 4.69) is 4.98 Å². The van der Waals surface area contributed by atoms with Crippen molar-refractivity contribution in [3.8, 4) is 0 Å². The molecule has 0 aliphatic rings. The molecule has 1 aromatic heterocycles. The lowest BCUT2D eigenvalue weighted by Gasteiger charge is -2.17.